The van der Waals surface area contributed by atoms with Crippen LogP contribution in [-0.2, 0) is 0 Å². The summed E-state index contributed by atoms with van der Waals surface area (Å²) in [5.41, 5.74) is 3.96. The third-order valence-corrected chi connectivity index (χ3v) is 4.43. The number of benzene rings is 2. The summed E-state index contributed by atoms with van der Waals surface area (Å²) in [6.45, 7) is 0. The molecule has 1 atom stereocenters. The smallest absolute Gasteiger partial charge is 0.349 e. The number of aromatic hydroxyl groups is 2. The van der Waals surface area contributed by atoms with Crippen molar-refractivity contribution in [1.29, 1.82) is 0 Å². The molecule has 1 aromatic heterocycles. The second-order valence-corrected chi connectivity index (χ2v) is 5.98. The van der Waals surface area contributed by atoms with Gasteiger partial charge in [0, 0.05) is 6.42 Å². The van der Waals surface area contributed by atoms with Crippen LogP contribution in [0.3, 0.4) is 0 Å². The van der Waals surface area contributed by atoms with Crippen molar-refractivity contribution >= 4 is 16.7 Å². The molecular formula is C19H16N2O5. The molecule has 1 unspecified atom stereocenters. The largest absolute Gasteiger partial charge is 0.506 e. The average molecular weight is 352 g/mol. The van der Waals surface area contributed by atoms with Crippen LogP contribution in [0.5, 0.6) is 17.2 Å². The molecule has 0 saturated carbocycles. The Balaban J connectivity index is 1.69. The van der Waals surface area contributed by atoms with E-state index < -0.39 is 5.63 Å². The van der Waals surface area contributed by atoms with Gasteiger partial charge in [0.1, 0.15) is 16.9 Å². The van der Waals surface area contributed by atoms with E-state index in [1.165, 1.54) is 13.2 Å². The minimum atomic E-state index is -0.634. The second-order valence-electron chi connectivity index (χ2n) is 5.98. The fourth-order valence-corrected chi connectivity index (χ4v) is 3.09. The Bertz CT molecular complexity index is 1090. The quantitative estimate of drug-likeness (QED) is 0.626. The highest BCUT2D eigenvalue weighted by Gasteiger charge is 2.27. The van der Waals surface area contributed by atoms with Crippen LogP contribution in [0.1, 0.15) is 23.6 Å². The molecule has 132 valence electrons. The Morgan fingerprint density at radius 1 is 1.23 bits per heavy atom. The lowest BCUT2D eigenvalue weighted by Gasteiger charge is -2.12. The molecule has 0 radical (unpaired) electrons. The van der Waals surface area contributed by atoms with Gasteiger partial charge in [0.25, 0.3) is 0 Å². The van der Waals surface area contributed by atoms with Gasteiger partial charge in [-0.3, -0.25) is 0 Å². The molecule has 7 heteroatoms. The molecule has 0 fully saturated rings. The van der Waals surface area contributed by atoms with E-state index in [1.807, 2.05) is 0 Å². The van der Waals surface area contributed by atoms with Crippen LogP contribution in [0.25, 0.3) is 11.0 Å². The predicted molar refractivity (Wildman–Crippen MR) is 95.8 cm³/mol. The Labute approximate surface area is 148 Å². The summed E-state index contributed by atoms with van der Waals surface area (Å²) in [5, 5.41) is 24.9. The third-order valence-electron chi connectivity index (χ3n) is 4.43. The molecule has 0 saturated heterocycles. The fraction of sp³-hybridized carbons (Fsp3) is 0.158. The molecule has 26 heavy (non-hydrogen) atoms. The number of hydrazone groups is 1. The molecule has 2 heterocycles. The summed E-state index contributed by atoms with van der Waals surface area (Å²) in [7, 11) is 1.47. The SMILES string of the molecule is COc1cc(C2CC(c3c(O)c4ccccc4oc3=O)=NN2)ccc1O. The molecule has 0 aliphatic carbocycles. The number of fused-ring (bicyclic) bond motifs is 1. The number of nitrogens with zero attached hydrogens (tertiary/aromatic N) is 1. The van der Waals surface area contributed by atoms with E-state index in [4.69, 9.17) is 9.15 Å². The topological polar surface area (TPSA) is 104 Å². The van der Waals surface area contributed by atoms with E-state index in [1.54, 1.807) is 36.4 Å². The molecule has 0 spiro atoms. The molecule has 3 aromatic rings. The molecule has 7 nitrogen and oxygen atoms in total. The van der Waals surface area contributed by atoms with Gasteiger partial charge in [0.2, 0.25) is 0 Å². The number of phenols is 1. The first kappa shape index (κ1) is 16.0. The maximum Gasteiger partial charge on any atom is 0.349 e. The van der Waals surface area contributed by atoms with Gasteiger partial charge in [-0.2, -0.15) is 5.10 Å². The minimum absolute atomic E-state index is 0.0446. The van der Waals surface area contributed by atoms with Gasteiger partial charge in [-0.1, -0.05) is 18.2 Å². The fourth-order valence-electron chi connectivity index (χ4n) is 3.09. The van der Waals surface area contributed by atoms with Crippen LogP contribution in [0.15, 0.2) is 56.8 Å². The Morgan fingerprint density at radius 2 is 2.04 bits per heavy atom. The lowest BCUT2D eigenvalue weighted by atomic mass is 9.98. The normalized spacial score (nSPS) is 16.3. The first-order valence-corrected chi connectivity index (χ1v) is 8.02. The van der Waals surface area contributed by atoms with Crippen LogP contribution in [0, 0.1) is 0 Å². The first-order valence-electron chi connectivity index (χ1n) is 8.02. The zero-order chi connectivity index (χ0) is 18.3. The van der Waals surface area contributed by atoms with Gasteiger partial charge in [-0.15, -0.1) is 0 Å². The number of rotatable bonds is 3. The number of nitrogens with one attached hydrogen (secondary N) is 1. The summed E-state index contributed by atoms with van der Waals surface area (Å²) in [6.07, 6.45) is 0.380. The zero-order valence-corrected chi connectivity index (χ0v) is 13.9. The van der Waals surface area contributed by atoms with Crippen molar-refractivity contribution in [2.24, 2.45) is 5.10 Å². The Morgan fingerprint density at radius 3 is 2.85 bits per heavy atom. The molecule has 4 rings (SSSR count). The summed E-state index contributed by atoms with van der Waals surface area (Å²) in [6, 6.07) is 11.6. The van der Waals surface area contributed by atoms with Crippen LogP contribution < -0.4 is 15.8 Å². The van der Waals surface area contributed by atoms with Gasteiger partial charge in [-0.05, 0) is 29.8 Å². The van der Waals surface area contributed by atoms with Crippen molar-refractivity contribution in [2.45, 2.75) is 12.5 Å². The molecule has 1 aliphatic heterocycles. The molecule has 3 N–H and O–H groups in total. The zero-order valence-electron chi connectivity index (χ0n) is 13.9. The van der Waals surface area contributed by atoms with Gasteiger partial charge >= 0.3 is 5.63 Å². The van der Waals surface area contributed by atoms with E-state index in [-0.39, 0.29) is 23.1 Å². The number of hydrogen-bond acceptors (Lipinski definition) is 7. The summed E-state index contributed by atoms with van der Waals surface area (Å²) < 4.78 is 10.4. The van der Waals surface area contributed by atoms with Crippen molar-refractivity contribution < 1.29 is 19.4 Å². The van der Waals surface area contributed by atoms with Gasteiger partial charge in [0.05, 0.1) is 24.2 Å². The highest BCUT2D eigenvalue weighted by molar-refractivity contribution is 6.06. The van der Waals surface area contributed by atoms with E-state index >= 15 is 0 Å². The van der Waals surface area contributed by atoms with Crippen molar-refractivity contribution in [3.63, 3.8) is 0 Å². The molecular weight excluding hydrogens is 336 g/mol. The van der Waals surface area contributed by atoms with Crippen LogP contribution in [0.4, 0.5) is 0 Å². The van der Waals surface area contributed by atoms with Gasteiger partial charge < -0.3 is 24.8 Å². The van der Waals surface area contributed by atoms with Crippen LogP contribution in [0.2, 0.25) is 0 Å². The molecule has 0 bridgehead atoms. The van der Waals surface area contributed by atoms with Gasteiger partial charge in [-0.25, -0.2) is 4.79 Å². The minimum Gasteiger partial charge on any atom is -0.506 e. The number of para-hydroxylation sites is 1. The monoisotopic (exact) mass is 352 g/mol. The van der Waals surface area contributed by atoms with Crippen molar-refractivity contribution in [3.05, 3.63) is 64.0 Å². The van der Waals surface area contributed by atoms with E-state index in [0.29, 0.717) is 28.9 Å². The molecule has 1 aliphatic rings. The third kappa shape index (κ3) is 2.54. The number of methoxy groups -OCH3 is 1. The Hall–Kier alpha value is -3.48. The molecule has 2 aromatic carbocycles. The van der Waals surface area contributed by atoms with E-state index in [0.717, 1.165) is 5.56 Å². The molecule has 0 amide bonds. The maximum absolute atomic E-state index is 12.3. The Kier molecular flexibility index (Phi) is 3.76. The lowest BCUT2D eigenvalue weighted by Crippen LogP contribution is -2.15. The maximum atomic E-state index is 12.3. The summed E-state index contributed by atoms with van der Waals surface area (Å²) in [4.78, 5) is 12.3. The number of hydrogen-bond donors (Lipinski definition) is 3. The standard InChI is InChI=1S/C19H16N2O5/c1-25-16-8-10(6-7-14(16)22)12-9-13(21-20-12)17-18(23)11-4-2-3-5-15(11)26-19(17)24/h2-8,12,20,22-23H,9H2,1H3. The van der Waals surface area contributed by atoms with Crippen molar-refractivity contribution in [2.75, 3.05) is 7.11 Å². The highest BCUT2D eigenvalue weighted by Crippen LogP contribution is 2.34. The van der Waals surface area contributed by atoms with Crippen LogP contribution >= 0.6 is 0 Å². The number of ether oxygens (including phenoxy) is 1. The highest BCUT2D eigenvalue weighted by atomic mass is 16.5. The lowest BCUT2D eigenvalue weighted by molar-refractivity contribution is 0.372. The van der Waals surface area contributed by atoms with E-state index in [2.05, 4.69) is 10.5 Å². The van der Waals surface area contributed by atoms with Crippen molar-refractivity contribution in [3.8, 4) is 17.2 Å². The average Bonchev–Trinajstić information content (AvgIpc) is 3.12. The van der Waals surface area contributed by atoms with Crippen LogP contribution in [-0.4, -0.2) is 23.0 Å². The summed E-state index contributed by atoms with van der Waals surface area (Å²) >= 11 is 0. The van der Waals surface area contributed by atoms with Crippen molar-refractivity contribution in [1.82, 2.24) is 5.43 Å². The second kappa shape index (κ2) is 6.11. The summed E-state index contributed by atoms with van der Waals surface area (Å²) in [5.74, 6) is 0.260. The predicted octanol–water partition coefficient (Wildman–Crippen LogP) is 2.65. The van der Waals surface area contributed by atoms with Gasteiger partial charge in [0.15, 0.2) is 11.5 Å². The first-order chi connectivity index (χ1) is 12.6. The number of phenolic OH excluding ortho intramolecular Hbond substituents is 1. The van der Waals surface area contributed by atoms with E-state index in [9.17, 15) is 15.0 Å².